The van der Waals surface area contributed by atoms with Gasteiger partial charge in [0, 0.05) is 5.56 Å². The molecule has 1 fully saturated rings. The lowest BCUT2D eigenvalue weighted by molar-refractivity contribution is -0.141. The van der Waals surface area contributed by atoms with Crippen molar-refractivity contribution < 1.29 is 19.0 Å². The minimum absolute atomic E-state index is 0.0685. The average Bonchev–Trinajstić information content (AvgIpc) is 2.68. The largest absolute Gasteiger partial charge is 0.491 e. The van der Waals surface area contributed by atoms with Gasteiger partial charge in [-0.2, -0.15) is 0 Å². The van der Waals surface area contributed by atoms with Crippen molar-refractivity contribution in [3.63, 3.8) is 0 Å². The van der Waals surface area contributed by atoms with E-state index in [-0.39, 0.29) is 6.10 Å². The van der Waals surface area contributed by atoms with Gasteiger partial charge in [0.2, 0.25) is 0 Å². The van der Waals surface area contributed by atoms with E-state index in [9.17, 15) is 4.79 Å². The molecule has 0 spiro atoms. The van der Waals surface area contributed by atoms with Gasteiger partial charge in [0.15, 0.2) is 5.79 Å². The number of carbonyl (C=O) groups excluding carboxylic acids is 1. The van der Waals surface area contributed by atoms with Gasteiger partial charge in [0.05, 0.1) is 6.61 Å². The second-order valence-corrected chi connectivity index (χ2v) is 4.90. The summed E-state index contributed by atoms with van der Waals surface area (Å²) in [5.41, 5.74) is 1.59. The van der Waals surface area contributed by atoms with Gasteiger partial charge in [-0.05, 0) is 38.5 Å². The summed E-state index contributed by atoms with van der Waals surface area (Å²) in [6, 6.07) is 5.46. The molecule has 0 amide bonds. The molecule has 0 aromatic heterocycles. The molecule has 4 heteroatoms. The maximum absolute atomic E-state index is 10.8. The molecule has 1 unspecified atom stereocenters. The van der Waals surface area contributed by atoms with Crippen LogP contribution >= 0.6 is 0 Å². The Hall–Kier alpha value is -1.39. The summed E-state index contributed by atoms with van der Waals surface area (Å²) < 4.78 is 16.7. The first-order valence-electron chi connectivity index (χ1n) is 6.00. The van der Waals surface area contributed by atoms with Gasteiger partial charge in [-0.25, -0.2) is 0 Å². The first-order valence-corrected chi connectivity index (χ1v) is 6.00. The quantitative estimate of drug-likeness (QED) is 0.769. The summed E-state index contributed by atoms with van der Waals surface area (Å²) in [5, 5.41) is 0. The van der Waals surface area contributed by atoms with Crippen LogP contribution < -0.4 is 4.74 Å². The van der Waals surface area contributed by atoms with E-state index in [1.807, 2.05) is 32.9 Å². The van der Waals surface area contributed by atoms with Crippen molar-refractivity contribution >= 4 is 6.29 Å². The lowest BCUT2D eigenvalue weighted by Gasteiger charge is -2.17. The summed E-state index contributed by atoms with van der Waals surface area (Å²) in [4.78, 5) is 10.8. The Kier molecular flexibility index (Phi) is 3.68. The van der Waals surface area contributed by atoms with E-state index in [0.717, 1.165) is 11.8 Å². The van der Waals surface area contributed by atoms with E-state index in [1.165, 1.54) is 0 Å². The second kappa shape index (κ2) is 5.08. The SMILES string of the molecule is Cc1ccc(OCC2COC(C)(C)O2)cc1C=O. The maximum atomic E-state index is 10.8. The van der Waals surface area contributed by atoms with Crippen molar-refractivity contribution in [3.05, 3.63) is 29.3 Å². The van der Waals surface area contributed by atoms with Crippen LogP contribution in [0, 0.1) is 6.92 Å². The molecule has 18 heavy (non-hydrogen) atoms. The Morgan fingerprint density at radius 3 is 2.89 bits per heavy atom. The highest BCUT2D eigenvalue weighted by atomic mass is 16.7. The number of rotatable bonds is 4. The van der Waals surface area contributed by atoms with Crippen molar-refractivity contribution in [2.75, 3.05) is 13.2 Å². The molecular weight excluding hydrogens is 232 g/mol. The van der Waals surface area contributed by atoms with Crippen LogP contribution in [0.15, 0.2) is 18.2 Å². The third kappa shape index (κ3) is 3.09. The fourth-order valence-electron chi connectivity index (χ4n) is 1.87. The van der Waals surface area contributed by atoms with Crippen LogP contribution in [0.1, 0.15) is 29.8 Å². The summed E-state index contributed by atoms with van der Waals surface area (Å²) in [7, 11) is 0. The van der Waals surface area contributed by atoms with E-state index in [2.05, 4.69) is 0 Å². The molecule has 0 bridgehead atoms. The zero-order valence-corrected chi connectivity index (χ0v) is 10.9. The zero-order valence-electron chi connectivity index (χ0n) is 10.9. The highest BCUT2D eigenvalue weighted by Crippen LogP contribution is 2.23. The summed E-state index contributed by atoms with van der Waals surface area (Å²) in [6.07, 6.45) is 0.765. The molecular formula is C14H18O4. The number of benzene rings is 1. The summed E-state index contributed by atoms with van der Waals surface area (Å²) in [6.45, 7) is 6.60. The van der Waals surface area contributed by atoms with E-state index >= 15 is 0 Å². The van der Waals surface area contributed by atoms with Gasteiger partial charge in [-0.3, -0.25) is 4.79 Å². The predicted molar refractivity (Wildman–Crippen MR) is 67.0 cm³/mol. The van der Waals surface area contributed by atoms with Crippen LogP contribution in [0.25, 0.3) is 0 Å². The van der Waals surface area contributed by atoms with E-state index < -0.39 is 5.79 Å². The van der Waals surface area contributed by atoms with E-state index in [0.29, 0.717) is 24.5 Å². The topological polar surface area (TPSA) is 44.8 Å². The van der Waals surface area contributed by atoms with Gasteiger partial charge in [0.1, 0.15) is 24.7 Å². The minimum atomic E-state index is -0.532. The highest BCUT2D eigenvalue weighted by Gasteiger charge is 2.32. The fourth-order valence-corrected chi connectivity index (χ4v) is 1.87. The highest BCUT2D eigenvalue weighted by molar-refractivity contribution is 5.77. The van der Waals surface area contributed by atoms with Crippen molar-refractivity contribution in [2.45, 2.75) is 32.7 Å². The van der Waals surface area contributed by atoms with Gasteiger partial charge < -0.3 is 14.2 Å². The van der Waals surface area contributed by atoms with Crippen LogP contribution in [0.4, 0.5) is 0 Å². The first kappa shape index (κ1) is 13.1. The zero-order chi connectivity index (χ0) is 13.2. The number of carbonyl (C=O) groups is 1. The Balaban J connectivity index is 1.93. The molecule has 0 N–H and O–H groups in total. The fraction of sp³-hybridized carbons (Fsp3) is 0.500. The maximum Gasteiger partial charge on any atom is 0.163 e. The molecule has 1 aromatic rings. The third-order valence-corrected chi connectivity index (χ3v) is 2.88. The molecule has 1 heterocycles. The molecule has 1 aliphatic heterocycles. The van der Waals surface area contributed by atoms with Gasteiger partial charge >= 0.3 is 0 Å². The van der Waals surface area contributed by atoms with Crippen molar-refractivity contribution in [1.29, 1.82) is 0 Å². The van der Waals surface area contributed by atoms with Gasteiger partial charge in [-0.1, -0.05) is 6.07 Å². The number of hydrogen-bond donors (Lipinski definition) is 0. The Morgan fingerprint density at radius 1 is 1.50 bits per heavy atom. The number of ether oxygens (including phenoxy) is 3. The average molecular weight is 250 g/mol. The van der Waals surface area contributed by atoms with Crippen LogP contribution in [0.3, 0.4) is 0 Å². The summed E-state index contributed by atoms with van der Waals surface area (Å²) >= 11 is 0. The standard InChI is InChI=1S/C14H18O4/c1-10-4-5-12(6-11(10)7-15)16-8-13-9-17-14(2,3)18-13/h4-7,13H,8-9H2,1-3H3. The predicted octanol–water partition coefficient (Wildman–Crippen LogP) is 2.34. The third-order valence-electron chi connectivity index (χ3n) is 2.88. The number of aryl methyl sites for hydroxylation is 1. The lowest BCUT2D eigenvalue weighted by Crippen LogP contribution is -2.25. The lowest BCUT2D eigenvalue weighted by atomic mass is 10.1. The van der Waals surface area contributed by atoms with Gasteiger partial charge in [-0.15, -0.1) is 0 Å². The van der Waals surface area contributed by atoms with Crippen molar-refractivity contribution in [3.8, 4) is 5.75 Å². The second-order valence-electron chi connectivity index (χ2n) is 4.90. The smallest absolute Gasteiger partial charge is 0.163 e. The minimum Gasteiger partial charge on any atom is -0.491 e. The molecule has 2 rings (SSSR count). The molecule has 98 valence electrons. The Labute approximate surface area is 107 Å². The molecule has 0 radical (unpaired) electrons. The normalized spacial score (nSPS) is 21.8. The van der Waals surface area contributed by atoms with Crippen molar-refractivity contribution in [2.24, 2.45) is 0 Å². The number of hydrogen-bond acceptors (Lipinski definition) is 4. The van der Waals surface area contributed by atoms with Gasteiger partial charge in [0.25, 0.3) is 0 Å². The monoisotopic (exact) mass is 250 g/mol. The van der Waals surface area contributed by atoms with Crippen LogP contribution in [0.2, 0.25) is 0 Å². The van der Waals surface area contributed by atoms with Crippen LogP contribution in [0.5, 0.6) is 5.75 Å². The van der Waals surface area contributed by atoms with E-state index in [1.54, 1.807) is 6.07 Å². The molecule has 4 nitrogen and oxygen atoms in total. The van der Waals surface area contributed by atoms with Crippen LogP contribution in [-0.2, 0) is 9.47 Å². The summed E-state index contributed by atoms with van der Waals surface area (Å²) in [5.74, 6) is 0.144. The molecule has 0 saturated carbocycles. The Morgan fingerprint density at radius 2 is 2.28 bits per heavy atom. The molecule has 1 saturated heterocycles. The molecule has 1 aromatic carbocycles. The van der Waals surface area contributed by atoms with Crippen LogP contribution in [-0.4, -0.2) is 31.4 Å². The molecule has 1 aliphatic rings. The first-order chi connectivity index (χ1) is 8.50. The molecule has 1 atom stereocenters. The van der Waals surface area contributed by atoms with Crippen molar-refractivity contribution in [1.82, 2.24) is 0 Å². The Bertz CT molecular complexity index is 439. The van der Waals surface area contributed by atoms with E-state index in [4.69, 9.17) is 14.2 Å². The molecule has 0 aliphatic carbocycles. The number of aldehydes is 1.